The molecule has 0 aliphatic rings. The summed E-state index contributed by atoms with van der Waals surface area (Å²) in [5, 5.41) is 16.2. The third-order valence-corrected chi connectivity index (χ3v) is 4.00. The minimum atomic E-state index is -0.880. The van der Waals surface area contributed by atoms with Gasteiger partial charge in [0.2, 0.25) is 0 Å². The van der Waals surface area contributed by atoms with E-state index >= 15 is 0 Å². The number of nitrogens with one attached hydrogen (secondary N) is 2. The van der Waals surface area contributed by atoms with Crippen LogP contribution in [0.15, 0.2) is 41.4 Å². The number of hydrogen-bond acceptors (Lipinski definition) is 3. The van der Waals surface area contributed by atoms with Crippen LogP contribution in [-0.2, 0) is 6.42 Å². The number of aromatic hydroxyl groups is 1. The maximum atomic E-state index is 13.4. The van der Waals surface area contributed by atoms with E-state index in [1.807, 2.05) is 6.92 Å². The number of halogens is 2. The van der Waals surface area contributed by atoms with Crippen molar-refractivity contribution in [1.82, 2.24) is 10.6 Å². The molecule has 140 valence electrons. The van der Waals surface area contributed by atoms with Gasteiger partial charge in [-0.05, 0) is 42.7 Å². The number of aliphatic imine (C=N–C) groups is 1. The van der Waals surface area contributed by atoms with Crippen LogP contribution in [-0.4, -0.2) is 31.8 Å². The Balaban J connectivity index is 1.90. The molecule has 1 unspecified atom stereocenters. The summed E-state index contributed by atoms with van der Waals surface area (Å²) in [4.78, 5) is 4.12. The number of nitrogens with zero attached hydrogens (tertiary/aromatic N) is 1. The van der Waals surface area contributed by atoms with Gasteiger partial charge in [-0.15, -0.1) is 0 Å². The van der Waals surface area contributed by atoms with Gasteiger partial charge in [0.25, 0.3) is 0 Å². The van der Waals surface area contributed by atoms with E-state index in [9.17, 15) is 13.9 Å². The van der Waals surface area contributed by atoms with Crippen molar-refractivity contribution in [3.05, 3.63) is 59.2 Å². The highest BCUT2D eigenvalue weighted by atomic mass is 19.2. The quantitative estimate of drug-likeness (QED) is 0.545. The van der Waals surface area contributed by atoms with Crippen LogP contribution in [0, 0.1) is 11.6 Å². The Hall–Kier alpha value is -2.83. The molecule has 1 atom stereocenters. The molecule has 0 radical (unpaired) electrons. The van der Waals surface area contributed by atoms with Gasteiger partial charge in [0.1, 0.15) is 11.5 Å². The molecule has 2 aromatic rings. The number of ether oxygens (including phenoxy) is 1. The second kappa shape index (κ2) is 9.03. The Morgan fingerprint density at radius 3 is 2.58 bits per heavy atom. The number of guanidine groups is 1. The van der Waals surface area contributed by atoms with Gasteiger partial charge in [-0.3, -0.25) is 4.99 Å². The summed E-state index contributed by atoms with van der Waals surface area (Å²) in [6.45, 7) is 2.36. The maximum Gasteiger partial charge on any atom is 0.191 e. The molecule has 0 heterocycles. The lowest BCUT2D eigenvalue weighted by molar-refractivity contribution is 0.406. The Labute approximate surface area is 151 Å². The SMILES string of the molecule is CN=C(NCCc1ccc(OC)cc1O)NC(C)c1ccc(F)c(F)c1. The normalized spacial score (nSPS) is 12.6. The predicted molar refractivity (Wildman–Crippen MR) is 97.6 cm³/mol. The molecule has 0 aromatic heterocycles. The zero-order chi connectivity index (χ0) is 19.1. The molecule has 0 spiro atoms. The summed E-state index contributed by atoms with van der Waals surface area (Å²) >= 11 is 0. The molecule has 0 saturated heterocycles. The number of hydrogen-bond donors (Lipinski definition) is 3. The van der Waals surface area contributed by atoms with Crippen molar-refractivity contribution < 1.29 is 18.6 Å². The molecular weight excluding hydrogens is 340 g/mol. The summed E-state index contributed by atoms with van der Waals surface area (Å²) in [6, 6.07) is 8.68. The summed E-state index contributed by atoms with van der Waals surface area (Å²) in [6.07, 6.45) is 0.579. The van der Waals surface area contributed by atoms with E-state index in [1.165, 1.54) is 6.07 Å². The molecule has 2 rings (SSSR count). The smallest absolute Gasteiger partial charge is 0.191 e. The van der Waals surface area contributed by atoms with Gasteiger partial charge in [-0.1, -0.05) is 12.1 Å². The van der Waals surface area contributed by atoms with E-state index in [0.29, 0.717) is 30.2 Å². The van der Waals surface area contributed by atoms with Crippen molar-refractivity contribution in [2.45, 2.75) is 19.4 Å². The van der Waals surface area contributed by atoms with E-state index < -0.39 is 11.6 Å². The number of methoxy groups -OCH3 is 1. The molecule has 5 nitrogen and oxygen atoms in total. The van der Waals surface area contributed by atoms with Crippen LogP contribution in [0.25, 0.3) is 0 Å². The first-order valence-electron chi connectivity index (χ1n) is 8.22. The van der Waals surface area contributed by atoms with Crippen LogP contribution in [0.4, 0.5) is 8.78 Å². The van der Waals surface area contributed by atoms with Crippen LogP contribution in [0.5, 0.6) is 11.5 Å². The Bertz CT molecular complexity index is 781. The van der Waals surface area contributed by atoms with Crippen molar-refractivity contribution in [2.75, 3.05) is 20.7 Å². The monoisotopic (exact) mass is 363 g/mol. The second-order valence-electron chi connectivity index (χ2n) is 5.78. The first kappa shape index (κ1) is 19.5. The topological polar surface area (TPSA) is 65.9 Å². The van der Waals surface area contributed by atoms with Gasteiger partial charge in [0.05, 0.1) is 13.2 Å². The number of phenolic OH excluding ortho intramolecular Hbond substituents is 1. The lowest BCUT2D eigenvalue weighted by atomic mass is 10.1. The lowest BCUT2D eigenvalue weighted by Gasteiger charge is -2.18. The third-order valence-electron chi connectivity index (χ3n) is 4.00. The van der Waals surface area contributed by atoms with Gasteiger partial charge in [-0.2, -0.15) is 0 Å². The largest absolute Gasteiger partial charge is 0.508 e. The summed E-state index contributed by atoms with van der Waals surface area (Å²) in [5.74, 6) is -0.464. The fourth-order valence-corrected chi connectivity index (χ4v) is 2.46. The van der Waals surface area contributed by atoms with Gasteiger partial charge >= 0.3 is 0 Å². The number of phenols is 1. The molecule has 0 fully saturated rings. The van der Waals surface area contributed by atoms with Crippen LogP contribution in [0.2, 0.25) is 0 Å². The van der Waals surface area contributed by atoms with E-state index in [0.717, 1.165) is 17.7 Å². The van der Waals surface area contributed by atoms with E-state index in [1.54, 1.807) is 32.4 Å². The minimum absolute atomic E-state index is 0.171. The molecule has 3 N–H and O–H groups in total. The number of benzene rings is 2. The van der Waals surface area contributed by atoms with Gasteiger partial charge in [-0.25, -0.2) is 8.78 Å². The first-order chi connectivity index (χ1) is 12.4. The summed E-state index contributed by atoms with van der Waals surface area (Å²) in [5.41, 5.74) is 1.39. The maximum absolute atomic E-state index is 13.4. The fraction of sp³-hybridized carbons (Fsp3) is 0.316. The van der Waals surface area contributed by atoms with Crippen LogP contribution in [0.3, 0.4) is 0 Å². The molecule has 0 aliphatic carbocycles. The Morgan fingerprint density at radius 2 is 1.96 bits per heavy atom. The van der Waals surface area contributed by atoms with E-state index in [2.05, 4.69) is 15.6 Å². The number of rotatable bonds is 6. The Kier molecular flexibility index (Phi) is 6.77. The van der Waals surface area contributed by atoms with Crippen molar-refractivity contribution in [2.24, 2.45) is 4.99 Å². The van der Waals surface area contributed by atoms with Crippen molar-refractivity contribution in [3.8, 4) is 11.5 Å². The zero-order valence-corrected chi connectivity index (χ0v) is 15.0. The highest BCUT2D eigenvalue weighted by Gasteiger charge is 2.11. The molecule has 7 heteroatoms. The fourth-order valence-electron chi connectivity index (χ4n) is 2.46. The average molecular weight is 363 g/mol. The first-order valence-corrected chi connectivity index (χ1v) is 8.22. The summed E-state index contributed by atoms with van der Waals surface area (Å²) < 4.78 is 31.5. The average Bonchev–Trinajstić information content (AvgIpc) is 2.64. The lowest BCUT2D eigenvalue weighted by Crippen LogP contribution is -2.39. The molecule has 0 bridgehead atoms. The van der Waals surface area contributed by atoms with Gasteiger partial charge in [0, 0.05) is 19.7 Å². The molecule has 2 aromatic carbocycles. The molecular formula is C19H23F2N3O2. The zero-order valence-electron chi connectivity index (χ0n) is 15.0. The second-order valence-corrected chi connectivity index (χ2v) is 5.78. The van der Waals surface area contributed by atoms with E-state index in [-0.39, 0.29) is 11.8 Å². The summed E-state index contributed by atoms with van der Waals surface area (Å²) in [7, 11) is 3.16. The van der Waals surface area contributed by atoms with Gasteiger partial charge in [0.15, 0.2) is 17.6 Å². The predicted octanol–water partition coefficient (Wildman–Crippen LogP) is 3.15. The Morgan fingerprint density at radius 1 is 1.19 bits per heavy atom. The van der Waals surface area contributed by atoms with E-state index in [4.69, 9.17) is 4.74 Å². The molecule has 0 saturated carbocycles. The highest BCUT2D eigenvalue weighted by Crippen LogP contribution is 2.23. The van der Waals surface area contributed by atoms with Crippen LogP contribution < -0.4 is 15.4 Å². The van der Waals surface area contributed by atoms with Gasteiger partial charge < -0.3 is 20.5 Å². The molecule has 0 amide bonds. The molecule has 26 heavy (non-hydrogen) atoms. The minimum Gasteiger partial charge on any atom is -0.508 e. The molecule has 0 aliphatic heterocycles. The van der Waals surface area contributed by atoms with Crippen molar-refractivity contribution in [1.29, 1.82) is 0 Å². The van der Waals surface area contributed by atoms with Crippen LogP contribution >= 0.6 is 0 Å². The standard InChI is InChI=1S/C19H23F2N3O2/c1-12(14-5-7-16(20)17(21)10-14)24-19(22-2)23-9-8-13-4-6-15(26-3)11-18(13)25/h4-7,10-12,25H,8-9H2,1-3H3,(H2,22,23,24). The highest BCUT2D eigenvalue weighted by molar-refractivity contribution is 5.80. The van der Waals surface area contributed by atoms with Crippen molar-refractivity contribution in [3.63, 3.8) is 0 Å². The van der Waals surface area contributed by atoms with Crippen molar-refractivity contribution >= 4 is 5.96 Å². The van der Waals surface area contributed by atoms with Crippen LogP contribution in [0.1, 0.15) is 24.1 Å². The third kappa shape index (κ3) is 5.08.